The van der Waals surface area contributed by atoms with Crippen molar-refractivity contribution in [2.75, 3.05) is 39.4 Å². The summed E-state index contributed by atoms with van der Waals surface area (Å²) in [5.41, 5.74) is 1.87. The largest absolute Gasteiger partial charge is 0.300 e. The highest BCUT2D eigenvalue weighted by atomic mass is 16.2. The molecule has 1 unspecified atom stereocenters. The highest BCUT2D eigenvalue weighted by molar-refractivity contribution is 5.99. The summed E-state index contributed by atoms with van der Waals surface area (Å²) in [6.07, 6.45) is 9.94. The molecule has 9 nitrogen and oxygen atoms in total. The van der Waals surface area contributed by atoms with E-state index in [1.807, 2.05) is 18.2 Å². The van der Waals surface area contributed by atoms with Gasteiger partial charge in [0.05, 0.1) is 10.9 Å². The molecule has 1 aromatic heterocycles. The Labute approximate surface area is 235 Å². The number of carbonyl (C=O) groups excluding carboxylic acids is 2. The number of benzene rings is 1. The number of carbonyl (C=O) groups is 2. The van der Waals surface area contributed by atoms with Crippen LogP contribution in [0, 0.1) is 24.7 Å². The third-order valence-electron chi connectivity index (χ3n) is 10.6. The Balaban J connectivity index is 0.979. The lowest BCUT2D eigenvalue weighted by Gasteiger charge is -2.57. The van der Waals surface area contributed by atoms with Crippen LogP contribution in [0.2, 0.25) is 0 Å². The number of aryl methyl sites for hydroxylation is 1. The summed E-state index contributed by atoms with van der Waals surface area (Å²) in [6.45, 7) is 7.86. The molecule has 1 aromatic carbocycles. The second-order valence-electron chi connectivity index (χ2n) is 13.4. The van der Waals surface area contributed by atoms with Crippen LogP contribution >= 0.6 is 0 Å². The monoisotopic (exact) mass is 546 g/mol. The number of piperidine rings is 1. The Morgan fingerprint density at radius 2 is 1.65 bits per heavy atom. The topological polar surface area (TPSA) is 99.6 Å². The third-order valence-corrected chi connectivity index (χ3v) is 10.6. The molecule has 4 aliphatic carbocycles. The number of fused-ring (bicyclic) bond motifs is 1. The Morgan fingerprint density at radius 1 is 0.975 bits per heavy atom. The smallest absolute Gasteiger partial charge is 0.262 e. The molecule has 2 aromatic rings. The molecule has 2 saturated heterocycles. The molecule has 6 fully saturated rings. The van der Waals surface area contributed by atoms with E-state index in [0.717, 1.165) is 69.1 Å². The molecule has 3 heterocycles. The molecule has 214 valence electrons. The van der Waals surface area contributed by atoms with E-state index in [1.54, 1.807) is 6.92 Å². The fraction of sp³-hybridized carbons (Fsp3) is 0.677. The summed E-state index contributed by atoms with van der Waals surface area (Å²) in [5.74, 6) is 2.70. The van der Waals surface area contributed by atoms with Gasteiger partial charge in [-0.3, -0.25) is 34.5 Å². The number of hydrogen-bond acceptors (Lipinski definition) is 7. The van der Waals surface area contributed by atoms with Gasteiger partial charge in [-0.2, -0.15) is 0 Å². The molecule has 0 spiro atoms. The van der Waals surface area contributed by atoms with Crippen LogP contribution in [0.4, 0.5) is 0 Å². The van der Waals surface area contributed by atoms with Crippen LogP contribution in [0.3, 0.4) is 0 Å². The summed E-state index contributed by atoms with van der Waals surface area (Å²) in [4.78, 5) is 47.7. The molecule has 9 heteroatoms. The maximum atomic E-state index is 13.7. The number of rotatable bonds is 7. The van der Waals surface area contributed by atoms with Crippen LogP contribution in [0.5, 0.6) is 0 Å². The average molecular weight is 547 g/mol. The van der Waals surface area contributed by atoms with E-state index in [4.69, 9.17) is 0 Å². The predicted molar refractivity (Wildman–Crippen MR) is 153 cm³/mol. The van der Waals surface area contributed by atoms with E-state index >= 15 is 0 Å². The van der Waals surface area contributed by atoms with E-state index in [-0.39, 0.29) is 17.9 Å². The number of imide groups is 1. The minimum absolute atomic E-state index is 0.187. The zero-order valence-electron chi connectivity index (χ0n) is 23.7. The van der Waals surface area contributed by atoms with Crippen molar-refractivity contribution in [3.8, 4) is 0 Å². The fourth-order valence-electron chi connectivity index (χ4n) is 8.98. The molecular weight excluding hydrogens is 504 g/mol. The van der Waals surface area contributed by atoms with Crippen LogP contribution in [-0.4, -0.2) is 76.1 Å². The van der Waals surface area contributed by atoms with Crippen molar-refractivity contribution >= 4 is 22.7 Å². The van der Waals surface area contributed by atoms with Crippen molar-refractivity contribution in [3.63, 3.8) is 0 Å². The Bertz CT molecular complexity index is 1340. The zero-order chi connectivity index (χ0) is 27.4. The van der Waals surface area contributed by atoms with Gasteiger partial charge in [0, 0.05) is 51.4 Å². The van der Waals surface area contributed by atoms with Crippen LogP contribution in [-0.2, 0) is 16.0 Å². The zero-order valence-corrected chi connectivity index (χ0v) is 23.7. The first-order chi connectivity index (χ1) is 19.4. The third kappa shape index (κ3) is 4.90. The normalized spacial score (nSPS) is 32.6. The maximum Gasteiger partial charge on any atom is 0.262 e. The molecular formula is C31H42N6O3. The van der Waals surface area contributed by atoms with Crippen molar-refractivity contribution in [2.45, 2.75) is 76.3 Å². The maximum absolute atomic E-state index is 13.7. The van der Waals surface area contributed by atoms with Crippen molar-refractivity contribution < 1.29 is 9.59 Å². The lowest BCUT2D eigenvalue weighted by Crippen LogP contribution is -2.61. The van der Waals surface area contributed by atoms with Crippen LogP contribution in [0.1, 0.15) is 68.8 Å². The standard InChI is InChI=1S/C31H42N6O3/c1-20-33-25-4-2-3-24(28(25)30(40)37(20)26-5-6-27(38)34-29(26)39)7-8-35-9-11-36(12-10-35)19-32-31-16-21-13-22(17-31)15-23(14-21)18-31/h2-4,21-23,26,32H,5-19H2,1H3,(H,34,38,39). The van der Waals surface area contributed by atoms with Gasteiger partial charge in [-0.05, 0) is 87.7 Å². The van der Waals surface area contributed by atoms with Gasteiger partial charge < -0.3 is 4.90 Å². The van der Waals surface area contributed by atoms with Gasteiger partial charge in [-0.25, -0.2) is 4.98 Å². The molecule has 2 aliphatic heterocycles. The highest BCUT2D eigenvalue weighted by Gasteiger charge is 2.50. The van der Waals surface area contributed by atoms with Gasteiger partial charge in [0.1, 0.15) is 11.9 Å². The lowest BCUT2D eigenvalue weighted by molar-refractivity contribution is -0.135. The highest BCUT2D eigenvalue weighted by Crippen LogP contribution is 2.55. The molecule has 1 atom stereocenters. The Kier molecular flexibility index (Phi) is 6.79. The van der Waals surface area contributed by atoms with E-state index in [2.05, 4.69) is 25.4 Å². The van der Waals surface area contributed by atoms with Crippen LogP contribution in [0.15, 0.2) is 23.0 Å². The first-order valence-electron chi connectivity index (χ1n) is 15.4. The Hall–Kier alpha value is -2.62. The van der Waals surface area contributed by atoms with Crippen LogP contribution in [0.25, 0.3) is 10.9 Å². The van der Waals surface area contributed by atoms with E-state index in [1.165, 1.54) is 43.1 Å². The van der Waals surface area contributed by atoms with Crippen LogP contribution < -0.4 is 16.2 Å². The summed E-state index contributed by atoms with van der Waals surface area (Å²) >= 11 is 0. The summed E-state index contributed by atoms with van der Waals surface area (Å²) in [6, 6.07) is 5.16. The second kappa shape index (κ2) is 10.3. The number of nitrogens with one attached hydrogen (secondary N) is 2. The van der Waals surface area contributed by atoms with Crippen molar-refractivity contribution in [1.82, 2.24) is 30.0 Å². The van der Waals surface area contributed by atoms with Crippen molar-refractivity contribution in [2.24, 2.45) is 17.8 Å². The molecule has 2 N–H and O–H groups in total. The lowest BCUT2D eigenvalue weighted by atomic mass is 9.53. The first kappa shape index (κ1) is 26.3. The van der Waals surface area contributed by atoms with Gasteiger partial charge in [-0.1, -0.05) is 12.1 Å². The van der Waals surface area contributed by atoms with Crippen molar-refractivity contribution in [1.29, 1.82) is 0 Å². The second-order valence-corrected chi connectivity index (χ2v) is 13.4. The minimum Gasteiger partial charge on any atom is -0.300 e. The molecule has 4 saturated carbocycles. The summed E-state index contributed by atoms with van der Waals surface area (Å²) in [5, 5.41) is 7.03. The number of piperazine rings is 1. The molecule has 0 radical (unpaired) electrons. The van der Waals surface area contributed by atoms with Gasteiger partial charge in [-0.15, -0.1) is 0 Å². The number of aromatic nitrogens is 2. The van der Waals surface area contributed by atoms with Gasteiger partial charge in [0.25, 0.3) is 5.56 Å². The number of nitrogens with zero attached hydrogens (tertiary/aromatic N) is 4. The molecule has 2 amide bonds. The fourth-order valence-corrected chi connectivity index (χ4v) is 8.98. The molecule has 40 heavy (non-hydrogen) atoms. The van der Waals surface area contributed by atoms with Gasteiger partial charge in [0.2, 0.25) is 11.8 Å². The van der Waals surface area contributed by atoms with E-state index in [9.17, 15) is 14.4 Å². The summed E-state index contributed by atoms with van der Waals surface area (Å²) < 4.78 is 1.49. The van der Waals surface area contributed by atoms with E-state index in [0.29, 0.717) is 28.7 Å². The van der Waals surface area contributed by atoms with Gasteiger partial charge >= 0.3 is 0 Å². The quantitative estimate of drug-likeness (QED) is 0.515. The first-order valence-corrected chi connectivity index (χ1v) is 15.4. The SMILES string of the molecule is Cc1nc2cccc(CCN3CCN(CNC45CC6CC(CC(C6)C4)C5)CC3)c2c(=O)n1C1CCC(=O)NC1=O. The number of hydrogen-bond donors (Lipinski definition) is 2. The average Bonchev–Trinajstić information content (AvgIpc) is 2.91. The Morgan fingerprint density at radius 3 is 2.33 bits per heavy atom. The molecule has 6 aliphatic rings. The minimum atomic E-state index is -0.699. The van der Waals surface area contributed by atoms with Gasteiger partial charge in [0.15, 0.2) is 0 Å². The number of amides is 2. The summed E-state index contributed by atoms with van der Waals surface area (Å²) in [7, 11) is 0. The predicted octanol–water partition coefficient (Wildman–Crippen LogP) is 2.36. The van der Waals surface area contributed by atoms with E-state index < -0.39 is 11.9 Å². The molecule has 4 bridgehead atoms. The van der Waals surface area contributed by atoms with Crippen molar-refractivity contribution in [3.05, 3.63) is 39.9 Å². The molecule has 8 rings (SSSR count).